The van der Waals surface area contributed by atoms with Crippen molar-refractivity contribution >= 4 is 17.8 Å². The van der Waals surface area contributed by atoms with Gasteiger partial charge in [0.25, 0.3) is 11.9 Å². The van der Waals surface area contributed by atoms with Crippen molar-refractivity contribution in [1.82, 2.24) is 10.6 Å². The van der Waals surface area contributed by atoms with Crippen molar-refractivity contribution in [2.24, 2.45) is 0 Å². The van der Waals surface area contributed by atoms with Gasteiger partial charge < -0.3 is 73.1 Å². The summed E-state index contributed by atoms with van der Waals surface area (Å²) >= 11 is 0. The largest absolute Gasteiger partial charge is 0.640 e. The van der Waals surface area contributed by atoms with Crippen molar-refractivity contribution in [3.63, 3.8) is 0 Å². The second kappa shape index (κ2) is 17.5. The van der Waals surface area contributed by atoms with Gasteiger partial charge in [0.2, 0.25) is 5.91 Å². The molecule has 0 aromatic carbocycles. The Morgan fingerprint density at radius 1 is 0.946 bits per heavy atom. The summed E-state index contributed by atoms with van der Waals surface area (Å²) in [4.78, 5) is 34.7. The average molecular weight is 797 g/mol. The Bertz CT molecular complexity index is 687. The zero-order valence-electron chi connectivity index (χ0n) is 20.4. The fourth-order valence-corrected chi connectivity index (χ4v) is 3.04. The molecule has 0 aromatic rings. The minimum Gasteiger partial charge on any atom is -0.640 e. The molecule has 1 rings (SSSR count). The van der Waals surface area contributed by atoms with E-state index in [1.165, 1.54) is 0 Å². The minimum absolute atomic E-state index is 0. The van der Waals surface area contributed by atoms with Gasteiger partial charge >= 0.3 is 0 Å². The predicted molar refractivity (Wildman–Crippen MR) is 117 cm³/mol. The van der Waals surface area contributed by atoms with Crippen molar-refractivity contribution in [3.05, 3.63) is 14.5 Å². The van der Waals surface area contributed by atoms with Gasteiger partial charge in [-0.3, -0.25) is 14.4 Å². The molecule has 2 amide bonds. The SMILES string of the molecule is [CH2-]OC(=O)CCC(=O)NCCNC(=O)C(O)C(O)C(OC1OC(CO)C(O)C(O)C1O)C(O)CO.[CH3-].[Db]. The second-order valence-electron chi connectivity index (χ2n) is 7.64. The normalized spacial score (nSPS) is 26.4. The molecule has 16 nitrogen and oxygen atoms in total. The molecule has 0 radical (unpaired) electrons. The van der Waals surface area contributed by atoms with Gasteiger partial charge in [-0.25, -0.2) is 0 Å². The number of aliphatic hydroxyl groups is 8. The van der Waals surface area contributed by atoms with Gasteiger partial charge in [0.05, 0.1) is 19.6 Å². The molecule has 214 valence electrons. The van der Waals surface area contributed by atoms with Crippen molar-refractivity contribution in [2.45, 2.75) is 68.0 Å². The summed E-state index contributed by atoms with van der Waals surface area (Å²) in [5.74, 6) is -2.36. The van der Waals surface area contributed by atoms with Crippen LogP contribution in [0.2, 0.25) is 0 Å². The van der Waals surface area contributed by atoms with Gasteiger partial charge in [0.1, 0.15) is 42.7 Å². The smallest absolute Gasteiger partial charge is 0.274 e. The number of carbonyl (C=O) groups is 3. The average Bonchev–Trinajstić information content (AvgIpc) is 2.86. The van der Waals surface area contributed by atoms with Gasteiger partial charge in [-0.1, -0.05) is 0 Å². The van der Waals surface area contributed by atoms with Crippen molar-refractivity contribution in [1.29, 1.82) is 0 Å². The first-order chi connectivity index (χ1) is 16.5. The molecule has 0 bridgehead atoms. The Balaban J connectivity index is 0. The van der Waals surface area contributed by atoms with Crippen LogP contribution in [0, 0.1) is 14.5 Å². The van der Waals surface area contributed by atoms with Crippen LogP contribution >= 0.6 is 0 Å². The van der Waals surface area contributed by atoms with Crippen LogP contribution in [-0.2, 0) is 28.6 Å². The molecule has 1 saturated heterocycles. The summed E-state index contributed by atoms with van der Waals surface area (Å²) in [7, 11) is 2.91. The Hall–Kier alpha value is -2.99. The van der Waals surface area contributed by atoms with E-state index in [0.717, 1.165) is 0 Å². The quantitative estimate of drug-likeness (QED) is 0.0446. The van der Waals surface area contributed by atoms with E-state index in [2.05, 4.69) is 22.5 Å². The van der Waals surface area contributed by atoms with Crippen LogP contribution < -0.4 is 10.6 Å². The molecule has 1 fully saturated rings. The minimum atomic E-state index is -2.23. The zero-order chi connectivity index (χ0) is 26.7. The molecule has 0 spiro atoms. The Kier molecular flexibility index (Phi) is 17.1. The topological polar surface area (TPSA) is 265 Å². The third-order valence-corrected chi connectivity index (χ3v) is 5.10. The molecule has 0 saturated carbocycles. The summed E-state index contributed by atoms with van der Waals surface area (Å²) in [6, 6.07) is 0. The maximum atomic E-state index is 12.2. The summed E-state index contributed by atoms with van der Waals surface area (Å²) in [5.41, 5.74) is 0. The molecule has 10 N–H and O–H groups in total. The molecule has 17 heteroatoms. The molecule has 9 atom stereocenters. The van der Waals surface area contributed by atoms with Crippen molar-refractivity contribution in [2.75, 3.05) is 26.3 Å². The molecular formula is C20H36DbN2O14-2. The van der Waals surface area contributed by atoms with Crippen LogP contribution in [0.1, 0.15) is 12.8 Å². The number of hydrogen-bond donors (Lipinski definition) is 10. The first-order valence-electron chi connectivity index (χ1n) is 10.6. The van der Waals surface area contributed by atoms with Gasteiger partial charge in [-0.05, 0) is 0 Å². The Morgan fingerprint density at radius 3 is 2.08 bits per heavy atom. The molecule has 0 aliphatic carbocycles. The van der Waals surface area contributed by atoms with E-state index in [-0.39, 0.29) is 33.4 Å². The van der Waals surface area contributed by atoms with Crippen LogP contribution in [0.3, 0.4) is 0 Å². The van der Waals surface area contributed by atoms with Gasteiger partial charge in [0, 0.05) is 19.5 Å². The van der Waals surface area contributed by atoms with Crippen LogP contribution in [-0.4, -0.2) is 140 Å². The molecule has 1 aliphatic heterocycles. The van der Waals surface area contributed by atoms with Crippen molar-refractivity contribution in [3.8, 4) is 0 Å². The van der Waals surface area contributed by atoms with E-state index in [1.54, 1.807) is 0 Å². The zero-order valence-corrected chi connectivity index (χ0v) is 26.8. The number of hydrogen-bond acceptors (Lipinski definition) is 14. The number of carbonyl (C=O) groups excluding carboxylic acids is 3. The number of ether oxygens (including phenoxy) is 3. The van der Waals surface area contributed by atoms with Gasteiger partial charge in [-0.15, -0.1) is 0 Å². The third kappa shape index (κ3) is 10.5. The fourth-order valence-electron chi connectivity index (χ4n) is 3.04. The number of aliphatic hydroxyl groups excluding tert-OH is 8. The molecule has 1 heterocycles. The number of nitrogens with one attached hydrogen (secondary N) is 2. The van der Waals surface area contributed by atoms with Crippen molar-refractivity contribution < 1.29 is 69.4 Å². The van der Waals surface area contributed by atoms with E-state index < -0.39 is 86.1 Å². The van der Waals surface area contributed by atoms with E-state index in [1.807, 2.05) is 0 Å². The Morgan fingerprint density at radius 2 is 1.54 bits per heavy atom. The van der Waals surface area contributed by atoms with E-state index >= 15 is 0 Å². The van der Waals surface area contributed by atoms with E-state index in [4.69, 9.17) is 9.47 Å². The summed E-state index contributed by atoms with van der Waals surface area (Å²) in [5, 5.41) is 83.3. The van der Waals surface area contributed by atoms with Crippen LogP contribution in [0.15, 0.2) is 0 Å². The standard InChI is InChI=1S/C19H33N2O14.CH3.Db/c1-33-11(26)3-2-10(25)20-4-5-21-18(32)15(30)14(29)17(8(24)6-22)35-19-16(31)13(28)12(27)9(7-23)34-19;;/h8-9,12-17,19,22-24,27-31H,1-7H2,(H,20,25)(H,21,32);1H3;/q2*-1;. The van der Waals surface area contributed by atoms with E-state index in [9.17, 15) is 55.2 Å². The summed E-state index contributed by atoms with van der Waals surface area (Å²) in [6.07, 6.45) is -17.3. The predicted octanol–water partition coefficient (Wildman–Crippen LogP) is -5.96. The van der Waals surface area contributed by atoms with E-state index in [0.29, 0.717) is 0 Å². The molecule has 37 heavy (non-hydrogen) atoms. The van der Waals surface area contributed by atoms with Crippen LogP contribution in [0.5, 0.6) is 0 Å². The first kappa shape index (κ1) is 36.2. The fraction of sp³-hybridized carbons (Fsp3) is 0.750. The molecule has 0 aromatic heterocycles. The second-order valence-corrected chi connectivity index (χ2v) is 7.64. The molecule has 1 aliphatic rings. The summed E-state index contributed by atoms with van der Waals surface area (Å²) in [6.45, 7) is -2.10. The van der Waals surface area contributed by atoms with Gasteiger partial charge in [-0.2, -0.15) is 7.11 Å². The van der Waals surface area contributed by atoms with Crippen LogP contribution in [0.4, 0.5) is 0 Å². The summed E-state index contributed by atoms with van der Waals surface area (Å²) < 4.78 is 14.4. The van der Waals surface area contributed by atoms with Gasteiger partial charge in [0.15, 0.2) is 12.4 Å². The third-order valence-electron chi connectivity index (χ3n) is 5.10. The maximum Gasteiger partial charge on any atom is 0.274 e. The monoisotopic (exact) mass is 796 g/mol. The molecular weight excluding hydrogens is 760 g/mol. The van der Waals surface area contributed by atoms with Crippen LogP contribution in [0.25, 0.3) is 0 Å². The maximum absolute atomic E-state index is 12.2. The first-order valence-corrected chi connectivity index (χ1v) is 10.6. The molecule has 9 unspecified atom stereocenters. The number of esters is 1. The number of amides is 2. The number of rotatable bonds is 14. The Labute approximate surface area is 207 Å².